The zero-order chi connectivity index (χ0) is 20.6. The van der Waals surface area contributed by atoms with Crippen molar-refractivity contribution in [2.45, 2.75) is 54.6 Å². The molecule has 2 aromatic rings. The van der Waals surface area contributed by atoms with E-state index in [0.29, 0.717) is 6.47 Å². The summed E-state index contributed by atoms with van der Waals surface area (Å²) in [6, 6.07) is 16.0. The first kappa shape index (κ1) is 22.8. The summed E-state index contributed by atoms with van der Waals surface area (Å²) in [5.74, 6) is 0. The van der Waals surface area contributed by atoms with E-state index in [1.165, 1.54) is 0 Å². The summed E-state index contributed by atoms with van der Waals surface area (Å²) in [6.07, 6.45) is 1.51. The largest absolute Gasteiger partial charge is 0.462 e. The van der Waals surface area contributed by atoms with E-state index in [9.17, 15) is 9.90 Å². The van der Waals surface area contributed by atoms with Crippen molar-refractivity contribution in [2.24, 2.45) is 0 Å². The summed E-state index contributed by atoms with van der Waals surface area (Å²) in [5, 5.41) is 15.0. The van der Waals surface area contributed by atoms with Crippen molar-refractivity contribution in [3.05, 3.63) is 59.1 Å². The number of hydrogen-bond acceptors (Lipinski definition) is 5. The van der Waals surface area contributed by atoms with Gasteiger partial charge >= 0.3 is 0 Å². The lowest BCUT2D eigenvalue weighted by atomic mass is 9.85. The van der Waals surface area contributed by atoms with Crippen LogP contribution in [0.2, 0.25) is 5.02 Å². The van der Waals surface area contributed by atoms with E-state index in [1.54, 1.807) is 11.8 Å². The van der Waals surface area contributed by atoms with E-state index in [1.807, 2.05) is 63.2 Å². The Morgan fingerprint density at radius 2 is 1.71 bits per heavy atom. The Bertz CT molecular complexity index is 753. The Morgan fingerprint density at radius 1 is 1.11 bits per heavy atom. The number of nitrogens with one attached hydrogen (secondary N) is 1. The fourth-order valence-corrected chi connectivity index (χ4v) is 3.99. The van der Waals surface area contributed by atoms with E-state index in [2.05, 4.69) is 16.1 Å². The van der Waals surface area contributed by atoms with Crippen LogP contribution in [0.3, 0.4) is 0 Å². The van der Waals surface area contributed by atoms with Crippen LogP contribution in [0.5, 0.6) is 0 Å². The van der Waals surface area contributed by atoms with Gasteiger partial charge in [-0.2, -0.15) is 0 Å². The summed E-state index contributed by atoms with van der Waals surface area (Å²) in [6.45, 7) is 7.64. The average molecular weight is 422 g/mol. The second-order valence-corrected chi connectivity index (χ2v) is 9.21. The molecule has 0 atom stereocenters. The van der Waals surface area contributed by atoms with Gasteiger partial charge in [0.15, 0.2) is 0 Å². The third-order valence-electron chi connectivity index (χ3n) is 4.26. The lowest BCUT2D eigenvalue weighted by molar-refractivity contribution is -0.138. The summed E-state index contributed by atoms with van der Waals surface area (Å²) < 4.78 is 4.55. The molecule has 28 heavy (non-hydrogen) atoms. The normalized spacial score (nSPS) is 15.9. The topological polar surface area (TPSA) is 58.6 Å². The first-order valence-corrected chi connectivity index (χ1v) is 10.5. The van der Waals surface area contributed by atoms with Gasteiger partial charge in [0.25, 0.3) is 6.47 Å². The predicted octanol–water partition coefficient (Wildman–Crippen LogP) is 5.02. The first-order chi connectivity index (χ1) is 13.2. The number of piperidine rings is 1. The van der Waals surface area contributed by atoms with E-state index in [0.717, 1.165) is 46.3 Å². The van der Waals surface area contributed by atoms with Gasteiger partial charge in [-0.05, 0) is 82.6 Å². The predicted molar refractivity (Wildman–Crippen MR) is 115 cm³/mol. The van der Waals surface area contributed by atoms with Crippen molar-refractivity contribution < 1.29 is 14.6 Å². The minimum absolute atomic E-state index is 0.318. The number of halogens is 1. The number of rotatable bonds is 4. The molecule has 0 bridgehead atoms. The molecular weight excluding hydrogens is 394 g/mol. The van der Waals surface area contributed by atoms with Crippen LogP contribution >= 0.6 is 23.4 Å². The Kier molecular flexibility index (Phi) is 8.38. The molecule has 4 nitrogen and oxygen atoms in total. The van der Waals surface area contributed by atoms with Crippen LogP contribution in [-0.4, -0.2) is 30.3 Å². The number of hydrogen-bond donors (Lipinski definition) is 2. The zero-order valence-electron chi connectivity index (χ0n) is 16.6. The molecule has 152 valence electrons. The summed E-state index contributed by atoms with van der Waals surface area (Å²) in [7, 11) is 0. The van der Waals surface area contributed by atoms with Crippen molar-refractivity contribution in [3.8, 4) is 0 Å². The highest BCUT2D eigenvalue weighted by atomic mass is 35.5. The molecule has 2 N–H and O–H groups in total. The molecule has 2 aromatic carbocycles. The van der Waals surface area contributed by atoms with Gasteiger partial charge in [0, 0.05) is 14.8 Å². The molecule has 0 aromatic heterocycles. The highest BCUT2D eigenvalue weighted by Gasteiger charge is 2.33. The van der Waals surface area contributed by atoms with Gasteiger partial charge in [-0.1, -0.05) is 41.6 Å². The molecule has 0 radical (unpaired) electrons. The van der Waals surface area contributed by atoms with E-state index in [4.69, 9.17) is 11.6 Å². The molecular formula is C22H28ClNO3S. The minimum atomic E-state index is -0.721. The molecule has 0 aliphatic carbocycles. The highest BCUT2D eigenvalue weighted by molar-refractivity contribution is 7.99. The molecule has 1 aliphatic heterocycles. The molecule has 1 heterocycles. The number of carbonyl (C=O) groups excluding carboxylic acids is 1. The quantitative estimate of drug-likeness (QED) is 0.679. The van der Waals surface area contributed by atoms with Gasteiger partial charge in [0.2, 0.25) is 0 Å². The van der Waals surface area contributed by atoms with Crippen molar-refractivity contribution >= 4 is 29.8 Å². The number of ether oxygens (including phenoxy) is 1. The van der Waals surface area contributed by atoms with Crippen LogP contribution in [0.15, 0.2) is 58.3 Å². The molecule has 0 spiro atoms. The van der Waals surface area contributed by atoms with Gasteiger partial charge in [0.05, 0.1) is 5.60 Å². The van der Waals surface area contributed by atoms with E-state index in [-0.39, 0.29) is 5.60 Å². The van der Waals surface area contributed by atoms with Crippen LogP contribution in [0.1, 0.15) is 39.2 Å². The molecule has 3 rings (SSSR count). The van der Waals surface area contributed by atoms with Gasteiger partial charge < -0.3 is 15.2 Å². The Hall–Kier alpha value is -1.53. The third kappa shape index (κ3) is 7.13. The second kappa shape index (κ2) is 10.3. The highest BCUT2D eigenvalue weighted by Crippen LogP contribution is 2.39. The number of carbonyl (C=O) groups is 1. The number of benzene rings is 2. The maximum atomic E-state index is 11.0. The summed E-state index contributed by atoms with van der Waals surface area (Å²) in [4.78, 5) is 11.8. The zero-order valence-corrected chi connectivity index (χ0v) is 18.1. The van der Waals surface area contributed by atoms with Crippen LogP contribution < -0.4 is 5.32 Å². The molecule has 0 saturated carbocycles. The van der Waals surface area contributed by atoms with Gasteiger partial charge in [-0.3, -0.25) is 4.79 Å². The SMILES string of the molecule is CC(C)(C)OC=O.OC1(c2ccccc2Sc2ccc(Cl)cc2)CCNCC1. The Balaban J connectivity index is 0.000000345. The number of aliphatic hydroxyl groups is 1. The monoisotopic (exact) mass is 421 g/mol. The molecule has 6 heteroatoms. The molecule has 0 amide bonds. The van der Waals surface area contributed by atoms with Crippen LogP contribution in [0, 0.1) is 0 Å². The maximum Gasteiger partial charge on any atom is 0.293 e. The lowest BCUT2D eigenvalue weighted by Gasteiger charge is -2.34. The smallest absolute Gasteiger partial charge is 0.293 e. The maximum absolute atomic E-state index is 11.0. The van der Waals surface area contributed by atoms with Crippen molar-refractivity contribution in [2.75, 3.05) is 13.1 Å². The van der Waals surface area contributed by atoms with Gasteiger partial charge in [-0.25, -0.2) is 0 Å². The lowest BCUT2D eigenvalue weighted by Crippen LogP contribution is -2.40. The van der Waals surface area contributed by atoms with Crippen LogP contribution in [0.4, 0.5) is 0 Å². The van der Waals surface area contributed by atoms with Gasteiger partial charge in [-0.15, -0.1) is 0 Å². The van der Waals surface area contributed by atoms with E-state index >= 15 is 0 Å². The molecule has 1 fully saturated rings. The Labute approximate surface area is 176 Å². The fraction of sp³-hybridized carbons (Fsp3) is 0.409. The molecule has 1 aliphatic rings. The molecule has 0 unspecified atom stereocenters. The second-order valence-electron chi connectivity index (χ2n) is 7.66. The van der Waals surface area contributed by atoms with Crippen molar-refractivity contribution in [1.29, 1.82) is 0 Å². The molecule has 1 saturated heterocycles. The first-order valence-electron chi connectivity index (χ1n) is 9.31. The van der Waals surface area contributed by atoms with Crippen molar-refractivity contribution in [1.82, 2.24) is 5.32 Å². The summed E-state index contributed by atoms with van der Waals surface area (Å²) >= 11 is 7.61. The van der Waals surface area contributed by atoms with E-state index < -0.39 is 5.60 Å². The Morgan fingerprint density at radius 3 is 2.25 bits per heavy atom. The van der Waals surface area contributed by atoms with Crippen LogP contribution in [0.25, 0.3) is 0 Å². The van der Waals surface area contributed by atoms with Crippen molar-refractivity contribution in [3.63, 3.8) is 0 Å². The average Bonchev–Trinajstić information content (AvgIpc) is 2.64. The summed E-state index contributed by atoms with van der Waals surface area (Å²) in [5.41, 5.74) is -0.00492. The minimum Gasteiger partial charge on any atom is -0.462 e. The third-order valence-corrected chi connectivity index (χ3v) is 5.60. The van der Waals surface area contributed by atoms with Gasteiger partial charge in [0.1, 0.15) is 5.60 Å². The fourth-order valence-electron chi connectivity index (χ4n) is 2.82. The van der Waals surface area contributed by atoms with Crippen LogP contribution in [-0.2, 0) is 15.1 Å². The standard InChI is InChI=1S/C17H18ClNOS.C5H10O2/c18-13-5-7-14(8-6-13)21-16-4-2-1-3-15(16)17(20)9-11-19-12-10-17;1-5(2,3)7-4-6/h1-8,19-20H,9-12H2;4H,1-3H3.